The van der Waals surface area contributed by atoms with Gasteiger partial charge in [0.25, 0.3) is 0 Å². The van der Waals surface area contributed by atoms with Gasteiger partial charge in [-0.15, -0.1) is 0 Å². The zero-order chi connectivity index (χ0) is 14.4. The van der Waals surface area contributed by atoms with E-state index in [1.165, 1.54) is 0 Å². The summed E-state index contributed by atoms with van der Waals surface area (Å²) in [5.74, 6) is 3.77. The van der Waals surface area contributed by atoms with Crippen molar-refractivity contribution < 1.29 is 4.42 Å². The predicted molar refractivity (Wildman–Crippen MR) is 80.6 cm³/mol. The molecule has 0 saturated heterocycles. The molecule has 0 aliphatic rings. The number of nitrogens with one attached hydrogen (secondary N) is 1. The number of hydrogen-bond acceptors (Lipinski definition) is 3. The lowest BCUT2D eigenvalue weighted by molar-refractivity contribution is 0.426. The van der Waals surface area contributed by atoms with E-state index in [1.807, 2.05) is 12.4 Å². The maximum atomic E-state index is 5.86. The van der Waals surface area contributed by atoms with Crippen molar-refractivity contribution in [1.29, 1.82) is 0 Å². The van der Waals surface area contributed by atoms with Crippen LogP contribution >= 0.6 is 0 Å². The van der Waals surface area contributed by atoms with E-state index in [0.29, 0.717) is 5.92 Å². The van der Waals surface area contributed by atoms with Gasteiger partial charge in [0.05, 0.1) is 13.1 Å². The highest BCUT2D eigenvalue weighted by atomic mass is 16.3. The fourth-order valence-electron chi connectivity index (χ4n) is 2.19. The van der Waals surface area contributed by atoms with E-state index in [9.17, 15) is 0 Å². The Kier molecular flexibility index (Phi) is 5.41. The van der Waals surface area contributed by atoms with Crippen LogP contribution in [-0.4, -0.2) is 16.1 Å². The lowest BCUT2D eigenvalue weighted by Crippen LogP contribution is -2.18. The highest BCUT2D eigenvalue weighted by Crippen LogP contribution is 2.11. The van der Waals surface area contributed by atoms with E-state index >= 15 is 0 Å². The van der Waals surface area contributed by atoms with Crippen LogP contribution in [0.3, 0.4) is 0 Å². The average molecular weight is 275 g/mol. The fraction of sp³-hybridized carbons (Fsp3) is 0.562. The van der Waals surface area contributed by atoms with Crippen molar-refractivity contribution in [2.75, 3.05) is 6.54 Å². The minimum atomic E-state index is 0.659. The van der Waals surface area contributed by atoms with Gasteiger partial charge in [-0.3, -0.25) is 0 Å². The molecule has 0 aromatic carbocycles. The van der Waals surface area contributed by atoms with E-state index in [-0.39, 0.29) is 0 Å². The number of nitrogens with zero attached hydrogens (tertiary/aromatic N) is 2. The van der Waals surface area contributed by atoms with Crippen molar-refractivity contribution >= 4 is 0 Å². The van der Waals surface area contributed by atoms with Gasteiger partial charge < -0.3 is 14.3 Å². The molecule has 0 aliphatic carbocycles. The lowest BCUT2D eigenvalue weighted by Gasteiger charge is -2.06. The summed E-state index contributed by atoms with van der Waals surface area (Å²) in [5, 5.41) is 3.39. The maximum Gasteiger partial charge on any atom is 0.123 e. The maximum absolute atomic E-state index is 5.86. The molecule has 0 spiro atoms. The third kappa shape index (κ3) is 4.23. The standard InChI is InChI=1S/C16H25N3O/c1-4-5-16-18-8-9-19(16)12-15-7-6-14(20-15)11-17-10-13(2)3/h6-9,13,17H,4-5,10-12H2,1-3H3. The molecule has 0 bridgehead atoms. The Morgan fingerprint density at radius 3 is 2.85 bits per heavy atom. The van der Waals surface area contributed by atoms with Crippen molar-refractivity contribution in [3.8, 4) is 0 Å². The van der Waals surface area contributed by atoms with Crippen molar-refractivity contribution in [2.24, 2.45) is 5.92 Å². The Bertz CT molecular complexity index is 513. The van der Waals surface area contributed by atoms with Crippen LogP contribution in [0.1, 0.15) is 44.5 Å². The zero-order valence-corrected chi connectivity index (χ0v) is 12.7. The lowest BCUT2D eigenvalue weighted by atomic mass is 10.2. The van der Waals surface area contributed by atoms with E-state index < -0.39 is 0 Å². The highest BCUT2D eigenvalue weighted by Gasteiger charge is 2.06. The van der Waals surface area contributed by atoms with Gasteiger partial charge in [0.1, 0.15) is 17.3 Å². The Labute approximate surface area is 121 Å². The van der Waals surface area contributed by atoms with Crippen molar-refractivity contribution in [1.82, 2.24) is 14.9 Å². The first kappa shape index (κ1) is 14.9. The van der Waals surface area contributed by atoms with Gasteiger partial charge in [-0.05, 0) is 31.0 Å². The number of imidazole rings is 1. The molecular formula is C16H25N3O. The number of furan rings is 1. The third-order valence-electron chi connectivity index (χ3n) is 3.17. The van der Waals surface area contributed by atoms with Crippen LogP contribution in [0, 0.1) is 5.92 Å². The molecular weight excluding hydrogens is 250 g/mol. The molecule has 1 N–H and O–H groups in total. The summed E-state index contributed by atoms with van der Waals surface area (Å²) in [6, 6.07) is 4.11. The number of hydrogen-bond donors (Lipinski definition) is 1. The molecule has 4 heteroatoms. The molecule has 0 saturated carbocycles. The second kappa shape index (κ2) is 7.29. The van der Waals surface area contributed by atoms with E-state index in [2.05, 4.69) is 47.8 Å². The van der Waals surface area contributed by atoms with Crippen LogP contribution in [0.25, 0.3) is 0 Å². The van der Waals surface area contributed by atoms with Gasteiger partial charge in [-0.1, -0.05) is 20.8 Å². The molecule has 0 fully saturated rings. The van der Waals surface area contributed by atoms with Crippen molar-refractivity contribution in [3.63, 3.8) is 0 Å². The van der Waals surface area contributed by atoms with Crippen LogP contribution in [-0.2, 0) is 19.5 Å². The SMILES string of the molecule is CCCc1nccn1Cc1ccc(CNCC(C)C)o1. The molecule has 2 aromatic rings. The molecule has 2 aromatic heterocycles. The van der Waals surface area contributed by atoms with Gasteiger partial charge in [-0.25, -0.2) is 4.98 Å². The first-order chi connectivity index (χ1) is 9.69. The van der Waals surface area contributed by atoms with Gasteiger partial charge in [0.2, 0.25) is 0 Å². The summed E-state index contributed by atoms with van der Waals surface area (Å²) in [4.78, 5) is 4.39. The van der Waals surface area contributed by atoms with Crippen molar-refractivity contribution in [2.45, 2.75) is 46.7 Å². The quantitative estimate of drug-likeness (QED) is 0.804. The Morgan fingerprint density at radius 1 is 1.30 bits per heavy atom. The molecule has 110 valence electrons. The molecule has 0 amide bonds. The summed E-state index contributed by atoms with van der Waals surface area (Å²) in [5.41, 5.74) is 0. The van der Waals surface area contributed by atoms with Crippen LogP contribution in [0.4, 0.5) is 0 Å². The average Bonchev–Trinajstić information content (AvgIpc) is 3.01. The minimum absolute atomic E-state index is 0.659. The first-order valence-corrected chi connectivity index (χ1v) is 7.47. The predicted octanol–water partition coefficient (Wildman–Crippen LogP) is 3.22. The molecule has 4 nitrogen and oxygen atoms in total. The first-order valence-electron chi connectivity index (χ1n) is 7.47. The number of aromatic nitrogens is 2. The van der Waals surface area contributed by atoms with Crippen LogP contribution in [0.2, 0.25) is 0 Å². The molecule has 0 radical (unpaired) electrons. The Hall–Kier alpha value is -1.55. The van der Waals surface area contributed by atoms with Crippen LogP contribution in [0.15, 0.2) is 28.9 Å². The summed E-state index contributed by atoms with van der Waals surface area (Å²) < 4.78 is 8.02. The molecule has 2 heterocycles. The molecule has 0 aliphatic heterocycles. The fourth-order valence-corrected chi connectivity index (χ4v) is 2.19. The van der Waals surface area contributed by atoms with Gasteiger partial charge >= 0.3 is 0 Å². The Balaban J connectivity index is 1.90. The topological polar surface area (TPSA) is 43.0 Å². The van der Waals surface area contributed by atoms with E-state index in [1.54, 1.807) is 0 Å². The number of rotatable bonds is 8. The monoisotopic (exact) mass is 275 g/mol. The van der Waals surface area contributed by atoms with Gasteiger partial charge in [-0.2, -0.15) is 0 Å². The Morgan fingerprint density at radius 2 is 2.10 bits per heavy atom. The van der Waals surface area contributed by atoms with E-state index in [4.69, 9.17) is 4.42 Å². The van der Waals surface area contributed by atoms with Gasteiger partial charge in [0.15, 0.2) is 0 Å². The highest BCUT2D eigenvalue weighted by molar-refractivity contribution is 5.09. The summed E-state index contributed by atoms with van der Waals surface area (Å²) >= 11 is 0. The van der Waals surface area contributed by atoms with Crippen LogP contribution < -0.4 is 5.32 Å². The minimum Gasteiger partial charge on any atom is -0.463 e. The van der Waals surface area contributed by atoms with E-state index in [0.717, 1.165) is 49.8 Å². The number of aryl methyl sites for hydroxylation is 1. The normalized spacial score (nSPS) is 11.4. The summed E-state index contributed by atoms with van der Waals surface area (Å²) in [7, 11) is 0. The van der Waals surface area contributed by atoms with Crippen LogP contribution in [0.5, 0.6) is 0 Å². The van der Waals surface area contributed by atoms with Gasteiger partial charge in [0, 0.05) is 18.8 Å². The molecule has 0 atom stereocenters. The smallest absolute Gasteiger partial charge is 0.123 e. The second-order valence-corrected chi connectivity index (χ2v) is 5.61. The zero-order valence-electron chi connectivity index (χ0n) is 12.7. The molecule has 2 rings (SSSR count). The molecule has 20 heavy (non-hydrogen) atoms. The largest absolute Gasteiger partial charge is 0.463 e. The summed E-state index contributed by atoms with van der Waals surface area (Å²) in [6.45, 7) is 9.15. The van der Waals surface area contributed by atoms with Crippen molar-refractivity contribution in [3.05, 3.63) is 41.9 Å². The second-order valence-electron chi connectivity index (χ2n) is 5.61. The summed E-state index contributed by atoms with van der Waals surface area (Å²) in [6.07, 6.45) is 6.00. The molecule has 0 unspecified atom stereocenters. The third-order valence-corrected chi connectivity index (χ3v) is 3.17.